The monoisotopic (exact) mass is 393 g/mol. The number of nitrogens with one attached hydrogen (secondary N) is 1. The van der Waals surface area contributed by atoms with Crippen LogP contribution in [-0.4, -0.2) is 25.4 Å². The fraction of sp³-hybridized carbons (Fsp3) is 0.143. The Bertz CT molecular complexity index is 1130. The molecule has 3 aromatic rings. The van der Waals surface area contributed by atoms with Crippen LogP contribution in [0, 0.1) is 0 Å². The van der Waals surface area contributed by atoms with Crippen LogP contribution in [0.2, 0.25) is 0 Å². The van der Waals surface area contributed by atoms with Crippen LogP contribution in [0.5, 0.6) is 0 Å². The van der Waals surface area contributed by atoms with Crippen molar-refractivity contribution in [3.05, 3.63) is 84.2 Å². The Hall–Kier alpha value is -3.19. The van der Waals surface area contributed by atoms with Gasteiger partial charge in [0.25, 0.3) is 15.9 Å². The van der Waals surface area contributed by atoms with Gasteiger partial charge in [-0.3, -0.25) is 14.1 Å². The fourth-order valence-electron chi connectivity index (χ4n) is 3.45. The van der Waals surface area contributed by atoms with Crippen LogP contribution < -0.4 is 9.62 Å². The van der Waals surface area contributed by atoms with E-state index in [1.54, 1.807) is 30.5 Å². The molecule has 0 spiro atoms. The predicted octanol–water partition coefficient (Wildman–Crippen LogP) is 3.47. The molecule has 7 heteroatoms. The number of pyridine rings is 1. The second-order valence-corrected chi connectivity index (χ2v) is 8.52. The van der Waals surface area contributed by atoms with Gasteiger partial charge in [0.2, 0.25) is 0 Å². The molecule has 1 atom stereocenters. The van der Waals surface area contributed by atoms with E-state index in [2.05, 4.69) is 10.3 Å². The molecule has 0 fully saturated rings. The summed E-state index contributed by atoms with van der Waals surface area (Å²) in [6, 6.07) is 16.8. The molecular formula is C21H19N3O3S. The molecule has 1 N–H and O–H groups in total. The molecule has 142 valence electrons. The van der Waals surface area contributed by atoms with Crippen molar-refractivity contribution in [1.82, 2.24) is 4.98 Å². The van der Waals surface area contributed by atoms with Gasteiger partial charge in [0, 0.05) is 17.8 Å². The number of sulfonamides is 1. The van der Waals surface area contributed by atoms with Crippen LogP contribution in [0.3, 0.4) is 0 Å². The minimum atomic E-state index is -3.79. The van der Waals surface area contributed by atoms with E-state index in [0.717, 1.165) is 5.56 Å². The van der Waals surface area contributed by atoms with Gasteiger partial charge >= 0.3 is 0 Å². The van der Waals surface area contributed by atoms with Gasteiger partial charge < -0.3 is 5.32 Å². The summed E-state index contributed by atoms with van der Waals surface area (Å²) in [7, 11) is -3.79. The summed E-state index contributed by atoms with van der Waals surface area (Å²) in [6.45, 7) is 1.89. The summed E-state index contributed by atoms with van der Waals surface area (Å²) in [5, 5.41) is 2.72. The van der Waals surface area contributed by atoms with Gasteiger partial charge in [-0.2, -0.15) is 0 Å². The molecule has 4 rings (SSSR count). The van der Waals surface area contributed by atoms with Crippen molar-refractivity contribution in [2.24, 2.45) is 0 Å². The molecule has 1 aliphatic heterocycles. The molecule has 0 radical (unpaired) electrons. The number of fused-ring (bicyclic) bond motifs is 1. The molecule has 1 aromatic heterocycles. The zero-order chi connectivity index (χ0) is 19.7. The lowest BCUT2D eigenvalue weighted by Crippen LogP contribution is -2.35. The summed E-state index contributed by atoms with van der Waals surface area (Å²) in [5.41, 5.74) is 2.51. The van der Waals surface area contributed by atoms with E-state index in [1.165, 1.54) is 22.6 Å². The molecule has 28 heavy (non-hydrogen) atoms. The first-order valence-electron chi connectivity index (χ1n) is 8.90. The molecule has 2 heterocycles. The number of carbonyl (C=O) groups excluding carboxylic acids is 1. The SMILES string of the molecule is C[C@H]1Cc2ccccc2N1S(=O)(=O)c1cccc(C(=O)Nc2cccnc2)c1. The first-order chi connectivity index (χ1) is 13.5. The third-order valence-corrected chi connectivity index (χ3v) is 6.64. The Morgan fingerprint density at radius 3 is 2.71 bits per heavy atom. The zero-order valence-corrected chi connectivity index (χ0v) is 16.1. The van der Waals surface area contributed by atoms with Crippen LogP contribution in [0.15, 0.2) is 78.0 Å². The van der Waals surface area contributed by atoms with Gasteiger partial charge in [-0.1, -0.05) is 24.3 Å². The summed E-state index contributed by atoms with van der Waals surface area (Å²) in [6.07, 6.45) is 3.80. The number of aromatic nitrogens is 1. The number of nitrogens with zero attached hydrogens (tertiary/aromatic N) is 2. The lowest BCUT2D eigenvalue weighted by atomic mass is 10.1. The molecule has 0 bridgehead atoms. The van der Waals surface area contributed by atoms with Crippen molar-refractivity contribution in [2.75, 3.05) is 9.62 Å². The quantitative estimate of drug-likeness (QED) is 0.736. The van der Waals surface area contributed by atoms with E-state index < -0.39 is 10.0 Å². The van der Waals surface area contributed by atoms with Crippen LogP contribution in [0.25, 0.3) is 0 Å². The number of amides is 1. The van der Waals surface area contributed by atoms with Crippen LogP contribution in [0.4, 0.5) is 11.4 Å². The second-order valence-electron chi connectivity index (χ2n) is 6.71. The average Bonchev–Trinajstić information content (AvgIpc) is 3.05. The maximum absolute atomic E-state index is 13.3. The summed E-state index contributed by atoms with van der Waals surface area (Å²) < 4.78 is 28.1. The maximum Gasteiger partial charge on any atom is 0.264 e. The van der Waals surface area contributed by atoms with Crippen LogP contribution >= 0.6 is 0 Å². The third-order valence-electron chi connectivity index (χ3n) is 4.72. The van der Waals surface area contributed by atoms with Gasteiger partial charge in [-0.15, -0.1) is 0 Å². The van der Waals surface area contributed by atoms with E-state index in [4.69, 9.17) is 0 Å². The van der Waals surface area contributed by atoms with Gasteiger partial charge in [-0.05, 0) is 55.3 Å². The number of carbonyl (C=O) groups is 1. The number of benzene rings is 2. The van der Waals surface area contributed by atoms with E-state index >= 15 is 0 Å². The van der Waals surface area contributed by atoms with Crippen LogP contribution in [0.1, 0.15) is 22.8 Å². The topological polar surface area (TPSA) is 79.4 Å². The lowest BCUT2D eigenvalue weighted by Gasteiger charge is -2.24. The van der Waals surface area contributed by atoms with Gasteiger partial charge in [-0.25, -0.2) is 8.42 Å². The second kappa shape index (κ2) is 7.09. The minimum Gasteiger partial charge on any atom is -0.321 e. The van der Waals surface area contributed by atoms with Gasteiger partial charge in [0.15, 0.2) is 0 Å². The number of rotatable bonds is 4. The Labute approximate surface area is 163 Å². The van der Waals surface area contributed by atoms with Crippen molar-refractivity contribution >= 4 is 27.3 Å². The van der Waals surface area contributed by atoms with Crippen molar-refractivity contribution in [1.29, 1.82) is 0 Å². The summed E-state index contributed by atoms with van der Waals surface area (Å²) in [5.74, 6) is -0.389. The number of anilines is 2. The van der Waals surface area contributed by atoms with E-state index in [1.807, 2.05) is 31.2 Å². The molecule has 0 unspecified atom stereocenters. The van der Waals surface area contributed by atoms with Crippen molar-refractivity contribution < 1.29 is 13.2 Å². The number of para-hydroxylation sites is 1. The minimum absolute atomic E-state index is 0.0925. The molecule has 0 saturated carbocycles. The Morgan fingerprint density at radius 2 is 1.93 bits per heavy atom. The molecule has 2 aromatic carbocycles. The Kier molecular flexibility index (Phi) is 4.60. The van der Waals surface area contributed by atoms with Gasteiger partial charge in [0.1, 0.15) is 0 Å². The van der Waals surface area contributed by atoms with Gasteiger partial charge in [0.05, 0.1) is 22.5 Å². The standard InChI is InChI=1S/C21H19N3O3S/c1-15-12-16-6-2-3-10-20(16)24(15)28(26,27)19-9-4-7-17(13-19)21(25)23-18-8-5-11-22-14-18/h2-11,13-15H,12H2,1H3,(H,23,25)/t15-/m0/s1. The smallest absolute Gasteiger partial charge is 0.264 e. The summed E-state index contributed by atoms with van der Waals surface area (Å²) >= 11 is 0. The van der Waals surface area contributed by atoms with E-state index in [9.17, 15) is 13.2 Å². The fourth-order valence-corrected chi connectivity index (χ4v) is 5.19. The van der Waals surface area contributed by atoms with Crippen LogP contribution in [-0.2, 0) is 16.4 Å². The highest BCUT2D eigenvalue weighted by molar-refractivity contribution is 7.92. The number of hydrogen-bond donors (Lipinski definition) is 1. The lowest BCUT2D eigenvalue weighted by molar-refractivity contribution is 0.102. The van der Waals surface area contributed by atoms with Crippen molar-refractivity contribution in [3.63, 3.8) is 0 Å². The highest BCUT2D eigenvalue weighted by atomic mass is 32.2. The molecule has 0 saturated heterocycles. The Balaban J connectivity index is 1.66. The molecular weight excluding hydrogens is 374 g/mol. The van der Waals surface area contributed by atoms with Crippen molar-refractivity contribution in [3.8, 4) is 0 Å². The summed E-state index contributed by atoms with van der Waals surface area (Å²) in [4.78, 5) is 16.6. The maximum atomic E-state index is 13.3. The van der Waals surface area contributed by atoms with Crippen molar-refractivity contribution in [2.45, 2.75) is 24.3 Å². The molecule has 1 aliphatic rings. The van der Waals surface area contributed by atoms with E-state index in [-0.39, 0.29) is 22.4 Å². The number of hydrogen-bond acceptors (Lipinski definition) is 4. The zero-order valence-electron chi connectivity index (χ0n) is 15.2. The molecule has 0 aliphatic carbocycles. The third kappa shape index (κ3) is 3.25. The first-order valence-corrected chi connectivity index (χ1v) is 10.3. The normalized spacial score (nSPS) is 15.9. The first kappa shape index (κ1) is 18.2. The highest BCUT2D eigenvalue weighted by Crippen LogP contribution is 2.36. The van der Waals surface area contributed by atoms with E-state index in [0.29, 0.717) is 17.8 Å². The average molecular weight is 393 g/mol. The highest BCUT2D eigenvalue weighted by Gasteiger charge is 2.36. The largest absolute Gasteiger partial charge is 0.321 e. The predicted molar refractivity (Wildman–Crippen MR) is 108 cm³/mol. The Morgan fingerprint density at radius 1 is 1.11 bits per heavy atom. The molecule has 6 nitrogen and oxygen atoms in total. The molecule has 1 amide bonds.